The van der Waals surface area contributed by atoms with Crippen molar-refractivity contribution in [2.75, 3.05) is 17.4 Å². The van der Waals surface area contributed by atoms with Crippen LogP contribution >= 0.6 is 0 Å². The lowest BCUT2D eigenvalue weighted by molar-refractivity contribution is 0.102. The van der Waals surface area contributed by atoms with E-state index in [0.29, 0.717) is 40.6 Å². The molecule has 0 unspecified atom stereocenters. The van der Waals surface area contributed by atoms with Gasteiger partial charge in [-0.15, -0.1) is 0 Å². The minimum Gasteiger partial charge on any atom is -0.454 e. The number of benzene rings is 3. The Bertz CT molecular complexity index is 1240. The highest BCUT2D eigenvalue weighted by atomic mass is 16.7. The molecule has 2 aliphatic carbocycles. The van der Waals surface area contributed by atoms with Crippen LogP contribution in [0.4, 0.5) is 11.4 Å². The molecular formula is C28H26N2O3. The van der Waals surface area contributed by atoms with Crippen molar-refractivity contribution in [3.05, 3.63) is 83.4 Å². The lowest BCUT2D eigenvalue weighted by Gasteiger charge is -2.43. The van der Waals surface area contributed by atoms with Crippen LogP contribution in [0.1, 0.15) is 52.7 Å². The van der Waals surface area contributed by atoms with Crippen LogP contribution in [0.3, 0.4) is 0 Å². The Balaban J connectivity index is 1.21. The van der Waals surface area contributed by atoms with Crippen molar-refractivity contribution in [3.8, 4) is 11.5 Å². The number of amides is 1. The summed E-state index contributed by atoms with van der Waals surface area (Å²) in [5, 5.41) is 6.88. The molecule has 5 atom stereocenters. The quantitative estimate of drug-likeness (QED) is 0.529. The van der Waals surface area contributed by atoms with Gasteiger partial charge in [0.25, 0.3) is 5.91 Å². The molecule has 0 aromatic heterocycles. The summed E-state index contributed by atoms with van der Waals surface area (Å²) < 4.78 is 10.8. The second-order valence-electron chi connectivity index (χ2n) is 9.79. The van der Waals surface area contributed by atoms with Crippen molar-refractivity contribution in [3.63, 3.8) is 0 Å². The molecule has 2 N–H and O–H groups in total. The molecule has 2 fully saturated rings. The van der Waals surface area contributed by atoms with Crippen molar-refractivity contribution in [1.29, 1.82) is 0 Å². The molecule has 0 spiro atoms. The van der Waals surface area contributed by atoms with E-state index >= 15 is 0 Å². The van der Waals surface area contributed by atoms with Gasteiger partial charge in [-0.25, -0.2) is 0 Å². The molecule has 0 radical (unpaired) electrons. The Hall–Kier alpha value is -3.47. The third kappa shape index (κ3) is 3.02. The van der Waals surface area contributed by atoms with Gasteiger partial charge in [0.15, 0.2) is 11.5 Å². The van der Waals surface area contributed by atoms with Crippen LogP contribution in [-0.4, -0.2) is 12.7 Å². The van der Waals surface area contributed by atoms with Gasteiger partial charge in [-0.2, -0.15) is 0 Å². The predicted molar refractivity (Wildman–Crippen MR) is 127 cm³/mol. The number of ether oxygens (including phenoxy) is 2. The summed E-state index contributed by atoms with van der Waals surface area (Å²) in [6.45, 7) is 0.221. The summed E-state index contributed by atoms with van der Waals surface area (Å²) in [7, 11) is 0. The van der Waals surface area contributed by atoms with Gasteiger partial charge >= 0.3 is 0 Å². The van der Waals surface area contributed by atoms with Crippen LogP contribution in [0.5, 0.6) is 11.5 Å². The smallest absolute Gasteiger partial charge is 0.255 e. The molecular weight excluding hydrogens is 412 g/mol. The highest BCUT2D eigenvalue weighted by Gasteiger charge is 2.53. The molecule has 166 valence electrons. The molecule has 4 aliphatic rings. The van der Waals surface area contributed by atoms with Crippen molar-refractivity contribution < 1.29 is 14.3 Å². The van der Waals surface area contributed by atoms with Gasteiger partial charge in [0, 0.05) is 23.0 Å². The van der Waals surface area contributed by atoms with E-state index in [1.54, 1.807) is 0 Å². The molecule has 7 rings (SSSR count). The average Bonchev–Trinajstić information content (AvgIpc) is 3.60. The maximum Gasteiger partial charge on any atom is 0.255 e. The molecule has 2 saturated carbocycles. The Labute approximate surface area is 193 Å². The molecule has 0 saturated heterocycles. The van der Waals surface area contributed by atoms with Crippen LogP contribution < -0.4 is 20.1 Å². The normalized spacial score (nSPS) is 28.1. The number of carbonyl (C=O) groups is 1. The van der Waals surface area contributed by atoms with Gasteiger partial charge in [0.05, 0.1) is 6.04 Å². The van der Waals surface area contributed by atoms with E-state index in [1.165, 1.54) is 36.1 Å². The largest absolute Gasteiger partial charge is 0.454 e. The number of anilines is 2. The number of hydrogen-bond acceptors (Lipinski definition) is 4. The molecule has 1 amide bonds. The third-order valence-corrected chi connectivity index (χ3v) is 8.14. The fourth-order valence-corrected chi connectivity index (χ4v) is 6.80. The minimum atomic E-state index is -0.0958. The van der Waals surface area contributed by atoms with E-state index < -0.39 is 0 Å². The topological polar surface area (TPSA) is 59.6 Å². The molecule has 3 aromatic rings. The predicted octanol–water partition coefficient (Wildman–Crippen LogP) is 5.96. The number of hydrogen-bond donors (Lipinski definition) is 2. The number of carbonyl (C=O) groups excluding carboxylic acids is 1. The first-order chi connectivity index (χ1) is 16.2. The summed E-state index contributed by atoms with van der Waals surface area (Å²) in [5.41, 5.74) is 5.28. The summed E-state index contributed by atoms with van der Waals surface area (Å²) in [6.07, 6.45) is 3.95. The fourth-order valence-electron chi connectivity index (χ4n) is 6.80. The molecule has 3 aromatic carbocycles. The van der Waals surface area contributed by atoms with Crippen LogP contribution in [-0.2, 0) is 0 Å². The zero-order chi connectivity index (χ0) is 21.9. The Morgan fingerprint density at radius 1 is 0.909 bits per heavy atom. The lowest BCUT2D eigenvalue weighted by Crippen LogP contribution is -2.35. The summed E-state index contributed by atoms with van der Waals surface area (Å²) in [6, 6.07) is 22.9. The zero-order valence-electron chi connectivity index (χ0n) is 18.3. The summed E-state index contributed by atoms with van der Waals surface area (Å²) in [5.74, 6) is 3.87. The standard InChI is InChI=1S/C28H26N2O3/c31-28(29-20-9-11-23-24(14-20)33-15-32-23)19-8-10-22-21(13-19)25-17-6-7-18(12-17)26(25)27(30-22)16-4-2-1-3-5-16/h1-5,8-11,13-14,17-18,25-27,30H,6-7,12,15H2,(H,29,31)/t17-,18-,25-,26-,27+/m0/s1. The van der Waals surface area contributed by atoms with E-state index in [1.807, 2.05) is 24.3 Å². The van der Waals surface area contributed by atoms with Crippen LogP contribution in [0.2, 0.25) is 0 Å². The number of rotatable bonds is 3. The van der Waals surface area contributed by atoms with Gasteiger partial charge in [0.2, 0.25) is 6.79 Å². The minimum absolute atomic E-state index is 0.0958. The Morgan fingerprint density at radius 2 is 1.76 bits per heavy atom. The maximum absolute atomic E-state index is 13.1. The van der Waals surface area contributed by atoms with Crippen molar-refractivity contribution in [2.24, 2.45) is 17.8 Å². The van der Waals surface area contributed by atoms with Gasteiger partial charge < -0.3 is 20.1 Å². The van der Waals surface area contributed by atoms with E-state index in [0.717, 1.165) is 11.8 Å². The zero-order valence-corrected chi connectivity index (χ0v) is 18.3. The molecule has 33 heavy (non-hydrogen) atoms. The van der Waals surface area contributed by atoms with Crippen LogP contribution in [0.15, 0.2) is 66.7 Å². The first-order valence-electron chi connectivity index (χ1n) is 11.9. The highest BCUT2D eigenvalue weighted by Crippen LogP contribution is 2.63. The first-order valence-corrected chi connectivity index (χ1v) is 11.9. The highest BCUT2D eigenvalue weighted by molar-refractivity contribution is 6.05. The molecule has 2 bridgehead atoms. The van der Waals surface area contributed by atoms with Crippen LogP contribution in [0.25, 0.3) is 0 Å². The van der Waals surface area contributed by atoms with Crippen molar-refractivity contribution in [1.82, 2.24) is 0 Å². The van der Waals surface area contributed by atoms with E-state index in [-0.39, 0.29) is 12.7 Å². The van der Waals surface area contributed by atoms with Gasteiger partial charge in [-0.1, -0.05) is 30.3 Å². The average molecular weight is 439 g/mol. The SMILES string of the molecule is O=C(Nc1ccc2c(c1)OCO2)c1ccc2c(c1)[C@@H]1[C@H]3CC[C@@H](C3)[C@@H]1[C@@H](c1ccccc1)N2. The fraction of sp³-hybridized carbons (Fsp3) is 0.321. The summed E-state index contributed by atoms with van der Waals surface area (Å²) >= 11 is 0. The second kappa shape index (κ2) is 7.27. The number of fused-ring (bicyclic) bond motifs is 8. The molecule has 2 heterocycles. The molecule has 5 heteroatoms. The van der Waals surface area contributed by atoms with Crippen molar-refractivity contribution >= 4 is 17.3 Å². The first kappa shape index (κ1) is 19.0. The van der Waals surface area contributed by atoms with Gasteiger partial charge in [-0.05, 0) is 84.4 Å². The van der Waals surface area contributed by atoms with Crippen LogP contribution in [0, 0.1) is 17.8 Å². The van der Waals surface area contributed by atoms with Gasteiger partial charge in [0.1, 0.15) is 0 Å². The lowest BCUT2D eigenvalue weighted by atomic mass is 9.68. The Kier molecular flexibility index (Phi) is 4.20. The molecule has 2 aliphatic heterocycles. The molecule has 5 nitrogen and oxygen atoms in total. The van der Waals surface area contributed by atoms with Gasteiger partial charge in [-0.3, -0.25) is 4.79 Å². The van der Waals surface area contributed by atoms with E-state index in [2.05, 4.69) is 53.1 Å². The summed E-state index contributed by atoms with van der Waals surface area (Å²) in [4.78, 5) is 13.1. The van der Waals surface area contributed by atoms with Crippen molar-refractivity contribution in [2.45, 2.75) is 31.2 Å². The monoisotopic (exact) mass is 438 g/mol. The third-order valence-electron chi connectivity index (χ3n) is 8.14. The second-order valence-corrected chi connectivity index (χ2v) is 9.79. The van der Waals surface area contributed by atoms with E-state index in [9.17, 15) is 4.79 Å². The number of nitrogens with one attached hydrogen (secondary N) is 2. The van der Waals surface area contributed by atoms with E-state index in [4.69, 9.17) is 9.47 Å². The maximum atomic E-state index is 13.1. The Morgan fingerprint density at radius 3 is 2.67 bits per heavy atom.